The van der Waals surface area contributed by atoms with Gasteiger partial charge in [0.15, 0.2) is 0 Å². The molecule has 0 aromatic heterocycles. The number of halogens is 1. The summed E-state index contributed by atoms with van der Waals surface area (Å²) in [5, 5.41) is 6.31. The van der Waals surface area contributed by atoms with Gasteiger partial charge in [-0.1, -0.05) is 0 Å². The molecular weight excluding hydrogens is 254 g/mol. The highest BCUT2D eigenvalue weighted by Gasteiger charge is 2.27. The van der Waals surface area contributed by atoms with Crippen LogP contribution >= 0.6 is 12.4 Å². The number of likely N-dealkylation sites (N-methyl/N-ethyl adjacent to an activating group) is 1. The van der Waals surface area contributed by atoms with Crippen LogP contribution in [0.15, 0.2) is 0 Å². The molecular formula is C12H22ClN3O2. The number of piperidine rings is 2. The second-order valence-corrected chi connectivity index (χ2v) is 5.06. The third-order valence-corrected chi connectivity index (χ3v) is 3.64. The molecule has 2 aliphatic heterocycles. The van der Waals surface area contributed by atoms with Gasteiger partial charge in [-0.25, -0.2) is 0 Å². The fourth-order valence-electron chi connectivity index (χ4n) is 2.52. The summed E-state index contributed by atoms with van der Waals surface area (Å²) in [6.07, 6.45) is 3.36. The molecule has 18 heavy (non-hydrogen) atoms. The molecule has 2 heterocycles. The van der Waals surface area contributed by atoms with Crippen molar-refractivity contribution >= 4 is 24.2 Å². The lowest BCUT2D eigenvalue weighted by atomic mass is 9.97. The van der Waals surface area contributed by atoms with Gasteiger partial charge in [0.1, 0.15) is 0 Å². The zero-order valence-corrected chi connectivity index (χ0v) is 11.6. The summed E-state index contributed by atoms with van der Waals surface area (Å²) >= 11 is 0. The minimum Gasteiger partial charge on any atom is -0.351 e. The second kappa shape index (κ2) is 6.95. The van der Waals surface area contributed by atoms with Crippen LogP contribution in [-0.4, -0.2) is 49.4 Å². The minimum atomic E-state index is 0. The number of carbonyl (C=O) groups excluding carboxylic acids is 2. The van der Waals surface area contributed by atoms with Crippen LogP contribution in [0.3, 0.4) is 0 Å². The molecule has 0 bridgehead atoms. The Morgan fingerprint density at radius 2 is 2.22 bits per heavy atom. The molecule has 0 aliphatic carbocycles. The summed E-state index contributed by atoms with van der Waals surface area (Å²) in [6, 6.07) is 0.132. The van der Waals surface area contributed by atoms with E-state index in [0.717, 1.165) is 32.4 Å². The molecule has 2 aliphatic rings. The van der Waals surface area contributed by atoms with E-state index in [-0.39, 0.29) is 36.2 Å². The van der Waals surface area contributed by atoms with E-state index in [9.17, 15) is 9.59 Å². The van der Waals surface area contributed by atoms with Gasteiger partial charge < -0.3 is 15.5 Å². The minimum absolute atomic E-state index is 0. The molecule has 0 radical (unpaired) electrons. The quantitative estimate of drug-likeness (QED) is 0.754. The van der Waals surface area contributed by atoms with Gasteiger partial charge in [-0.2, -0.15) is 0 Å². The van der Waals surface area contributed by atoms with E-state index in [4.69, 9.17) is 0 Å². The lowest BCUT2D eigenvalue weighted by Crippen LogP contribution is -2.51. The number of nitrogens with one attached hydrogen (secondary N) is 2. The van der Waals surface area contributed by atoms with Gasteiger partial charge >= 0.3 is 0 Å². The van der Waals surface area contributed by atoms with Gasteiger partial charge in [0.2, 0.25) is 11.8 Å². The number of hydrogen-bond acceptors (Lipinski definition) is 3. The van der Waals surface area contributed by atoms with Crippen molar-refractivity contribution in [2.24, 2.45) is 5.92 Å². The summed E-state index contributed by atoms with van der Waals surface area (Å²) < 4.78 is 0. The van der Waals surface area contributed by atoms with Crippen LogP contribution in [0.1, 0.15) is 25.7 Å². The van der Waals surface area contributed by atoms with Crippen molar-refractivity contribution in [2.75, 3.05) is 26.7 Å². The van der Waals surface area contributed by atoms with Crippen molar-refractivity contribution in [3.05, 3.63) is 0 Å². The molecule has 0 saturated carbocycles. The molecule has 6 heteroatoms. The fraction of sp³-hybridized carbons (Fsp3) is 0.833. The smallest absolute Gasteiger partial charge is 0.224 e. The molecule has 2 fully saturated rings. The largest absolute Gasteiger partial charge is 0.351 e. The van der Waals surface area contributed by atoms with E-state index in [1.165, 1.54) is 0 Å². The Labute approximate surface area is 114 Å². The summed E-state index contributed by atoms with van der Waals surface area (Å²) in [5.74, 6) is 0.423. The Bertz CT molecular complexity index is 306. The third-order valence-electron chi connectivity index (χ3n) is 3.64. The van der Waals surface area contributed by atoms with Crippen LogP contribution < -0.4 is 10.6 Å². The average Bonchev–Trinajstić information content (AvgIpc) is 2.35. The van der Waals surface area contributed by atoms with Crippen molar-refractivity contribution < 1.29 is 9.59 Å². The molecule has 0 aromatic carbocycles. The fourth-order valence-corrected chi connectivity index (χ4v) is 2.52. The maximum absolute atomic E-state index is 12.0. The van der Waals surface area contributed by atoms with Gasteiger partial charge in [0, 0.05) is 32.6 Å². The Kier molecular flexibility index (Phi) is 5.88. The number of carbonyl (C=O) groups is 2. The Hall–Kier alpha value is -0.810. The SMILES string of the molecule is CN1CC(NC(=O)[C@@H]2CCCNC2)CCC1=O.Cl. The molecule has 2 N–H and O–H groups in total. The zero-order valence-electron chi connectivity index (χ0n) is 10.8. The van der Waals surface area contributed by atoms with Crippen molar-refractivity contribution in [1.29, 1.82) is 0 Å². The molecule has 2 atom stereocenters. The first kappa shape index (κ1) is 15.2. The van der Waals surface area contributed by atoms with E-state index in [0.29, 0.717) is 13.0 Å². The second-order valence-electron chi connectivity index (χ2n) is 5.06. The molecule has 104 valence electrons. The van der Waals surface area contributed by atoms with Crippen LogP contribution in [0.2, 0.25) is 0 Å². The van der Waals surface area contributed by atoms with E-state index < -0.39 is 0 Å². The molecule has 2 saturated heterocycles. The van der Waals surface area contributed by atoms with Crippen molar-refractivity contribution in [1.82, 2.24) is 15.5 Å². The molecule has 0 aromatic rings. The van der Waals surface area contributed by atoms with Crippen LogP contribution in [0.4, 0.5) is 0 Å². The molecule has 1 unspecified atom stereocenters. The number of nitrogens with zero attached hydrogens (tertiary/aromatic N) is 1. The highest BCUT2D eigenvalue weighted by atomic mass is 35.5. The first-order chi connectivity index (χ1) is 8.16. The Morgan fingerprint density at radius 3 is 2.83 bits per heavy atom. The number of rotatable bonds is 2. The Morgan fingerprint density at radius 1 is 1.44 bits per heavy atom. The summed E-state index contributed by atoms with van der Waals surface area (Å²) in [5.41, 5.74) is 0. The van der Waals surface area contributed by atoms with E-state index in [1.807, 2.05) is 0 Å². The van der Waals surface area contributed by atoms with Crippen LogP contribution in [0.25, 0.3) is 0 Å². The Balaban J connectivity index is 0.00000162. The normalized spacial score (nSPS) is 28.5. The van der Waals surface area contributed by atoms with Crippen molar-refractivity contribution in [3.63, 3.8) is 0 Å². The maximum Gasteiger partial charge on any atom is 0.224 e. The van der Waals surface area contributed by atoms with Gasteiger partial charge in [-0.05, 0) is 25.8 Å². The average molecular weight is 276 g/mol. The molecule has 2 rings (SSSR count). The van der Waals surface area contributed by atoms with E-state index >= 15 is 0 Å². The molecule has 0 spiro atoms. The number of amides is 2. The first-order valence-electron chi connectivity index (χ1n) is 6.42. The van der Waals surface area contributed by atoms with E-state index in [1.54, 1.807) is 11.9 Å². The lowest BCUT2D eigenvalue weighted by Gasteiger charge is -2.32. The number of likely N-dealkylation sites (tertiary alicyclic amines) is 1. The first-order valence-corrected chi connectivity index (χ1v) is 6.42. The topological polar surface area (TPSA) is 61.4 Å². The van der Waals surface area contributed by atoms with E-state index in [2.05, 4.69) is 10.6 Å². The maximum atomic E-state index is 12.0. The van der Waals surface area contributed by atoms with Crippen LogP contribution in [-0.2, 0) is 9.59 Å². The van der Waals surface area contributed by atoms with Gasteiger partial charge in [-0.15, -0.1) is 12.4 Å². The molecule has 5 nitrogen and oxygen atoms in total. The predicted molar refractivity (Wildman–Crippen MR) is 71.6 cm³/mol. The monoisotopic (exact) mass is 275 g/mol. The van der Waals surface area contributed by atoms with Gasteiger partial charge in [-0.3, -0.25) is 9.59 Å². The van der Waals surface area contributed by atoms with Crippen molar-refractivity contribution in [3.8, 4) is 0 Å². The highest BCUT2D eigenvalue weighted by molar-refractivity contribution is 5.85. The predicted octanol–water partition coefficient (Wildman–Crippen LogP) is 0.145. The van der Waals surface area contributed by atoms with Crippen LogP contribution in [0.5, 0.6) is 0 Å². The summed E-state index contributed by atoms with van der Waals surface area (Å²) in [6.45, 7) is 2.45. The lowest BCUT2D eigenvalue weighted by molar-refractivity contribution is -0.134. The number of hydrogen-bond donors (Lipinski definition) is 2. The zero-order chi connectivity index (χ0) is 12.3. The summed E-state index contributed by atoms with van der Waals surface area (Å²) in [7, 11) is 1.79. The third kappa shape index (κ3) is 3.85. The van der Waals surface area contributed by atoms with Crippen LogP contribution in [0, 0.1) is 5.92 Å². The standard InChI is InChI=1S/C12H21N3O2.ClH/c1-15-8-10(4-5-11(15)16)14-12(17)9-3-2-6-13-7-9;/h9-10,13H,2-8H2,1H3,(H,14,17);1H/t9-,10?;/m1./s1. The van der Waals surface area contributed by atoms with Gasteiger partial charge in [0.25, 0.3) is 0 Å². The van der Waals surface area contributed by atoms with Gasteiger partial charge in [0.05, 0.1) is 5.92 Å². The van der Waals surface area contributed by atoms with Crippen molar-refractivity contribution in [2.45, 2.75) is 31.7 Å². The highest BCUT2D eigenvalue weighted by Crippen LogP contribution is 2.13. The molecule has 2 amide bonds. The summed E-state index contributed by atoms with van der Waals surface area (Å²) in [4.78, 5) is 25.0.